The van der Waals surface area contributed by atoms with Crippen LogP contribution in [0.25, 0.3) is 0 Å². The van der Waals surface area contributed by atoms with Gasteiger partial charge in [0.05, 0.1) is 24.5 Å². The van der Waals surface area contributed by atoms with E-state index in [1.54, 1.807) is 32.2 Å². The maximum absolute atomic E-state index is 11.8. The summed E-state index contributed by atoms with van der Waals surface area (Å²) in [4.78, 5) is 18.6. The Balaban J connectivity index is 2.20. The van der Waals surface area contributed by atoms with E-state index in [0.29, 0.717) is 46.9 Å². The Morgan fingerprint density at radius 1 is 1.33 bits per heavy atom. The van der Waals surface area contributed by atoms with Gasteiger partial charge >= 0.3 is 0 Å². The second kappa shape index (κ2) is 9.41. The van der Waals surface area contributed by atoms with Gasteiger partial charge < -0.3 is 9.47 Å². The number of hydrazone groups is 1. The monoisotopic (exact) mass is 392 g/mol. The molecule has 0 unspecified atom stereocenters. The van der Waals surface area contributed by atoms with E-state index in [2.05, 4.69) is 34.3 Å². The number of benzene rings is 1. The van der Waals surface area contributed by atoms with Crippen LogP contribution in [0.1, 0.15) is 37.6 Å². The average Bonchev–Trinajstić information content (AvgIpc) is 2.59. The van der Waals surface area contributed by atoms with Crippen molar-refractivity contribution in [1.29, 1.82) is 0 Å². The van der Waals surface area contributed by atoms with Gasteiger partial charge in [0.1, 0.15) is 0 Å². The lowest BCUT2D eigenvalue weighted by atomic mass is 10.2. The van der Waals surface area contributed by atoms with Crippen LogP contribution in [0.4, 0.5) is 5.95 Å². The molecule has 7 nitrogen and oxygen atoms in total. The highest BCUT2D eigenvalue weighted by Gasteiger charge is 2.13. The van der Waals surface area contributed by atoms with E-state index in [0.717, 1.165) is 5.56 Å². The van der Waals surface area contributed by atoms with Crippen molar-refractivity contribution in [3.63, 3.8) is 0 Å². The lowest BCUT2D eigenvalue weighted by molar-refractivity contribution is 0.248. The number of ether oxygens (including phenoxy) is 2. The Kier molecular flexibility index (Phi) is 7.24. The van der Waals surface area contributed by atoms with Crippen LogP contribution in [0.15, 0.2) is 22.0 Å². The molecule has 0 bridgehead atoms. The van der Waals surface area contributed by atoms with E-state index in [1.807, 2.05) is 6.92 Å². The second-order valence-corrected chi connectivity index (χ2v) is 6.87. The average molecular weight is 393 g/mol. The number of hydrogen-bond acceptors (Lipinski definition) is 6. The van der Waals surface area contributed by atoms with Gasteiger partial charge in [0.25, 0.3) is 5.56 Å². The molecule has 0 aliphatic heterocycles. The molecule has 2 aromatic rings. The van der Waals surface area contributed by atoms with Gasteiger partial charge in [-0.15, -0.1) is 0 Å². The second-order valence-electron chi connectivity index (χ2n) is 6.46. The Bertz CT molecular complexity index is 878. The Hall–Kier alpha value is -2.54. The topological polar surface area (TPSA) is 88.6 Å². The minimum atomic E-state index is -0.200. The van der Waals surface area contributed by atoms with Gasteiger partial charge in [0.15, 0.2) is 11.5 Å². The maximum Gasteiger partial charge on any atom is 0.255 e. The number of nitrogens with zero attached hydrogens (tertiary/aromatic N) is 2. The summed E-state index contributed by atoms with van der Waals surface area (Å²) in [7, 11) is 0. The summed E-state index contributed by atoms with van der Waals surface area (Å²) < 4.78 is 11.4. The van der Waals surface area contributed by atoms with E-state index in [4.69, 9.17) is 21.1 Å². The Labute approximate surface area is 163 Å². The van der Waals surface area contributed by atoms with Gasteiger partial charge in [-0.1, -0.05) is 25.4 Å². The molecule has 2 rings (SSSR count). The van der Waals surface area contributed by atoms with E-state index in [9.17, 15) is 4.79 Å². The fourth-order valence-corrected chi connectivity index (χ4v) is 2.46. The molecule has 0 spiro atoms. The summed E-state index contributed by atoms with van der Waals surface area (Å²) in [5, 5.41) is 4.55. The van der Waals surface area contributed by atoms with Crippen LogP contribution in [-0.2, 0) is 0 Å². The molecule has 0 radical (unpaired) electrons. The number of rotatable bonds is 8. The summed E-state index contributed by atoms with van der Waals surface area (Å²) in [5.74, 6) is 1.73. The third-order valence-electron chi connectivity index (χ3n) is 3.67. The predicted molar refractivity (Wildman–Crippen MR) is 109 cm³/mol. The zero-order chi connectivity index (χ0) is 20.0. The minimum Gasteiger partial charge on any atom is -0.490 e. The van der Waals surface area contributed by atoms with Crippen LogP contribution in [0, 0.1) is 19.8 Å². The summed E-state index contributed by atoms with van der Waals surface area (Å²) in [6, 6.07) is 3.54. The fraction of sp³-hybridized carbons (Fsp3) is 0.421. The van der Waals surface area contributed by atoms with Gasteiger partial charge in [-0.2, -0.15) is 5.10 Å². The molecule has 0 amide bonds. The standard InChI is InChI=1S/C19H25ClN4O3/c1-6-26-16-8-14(7-15(20)17(16)27-10-11(2)3)9-21-24-19-22-13(5)12(4)18(25)23-19/h7-9,11H,6,10H2,1-5H3,(H2,22,23,24,25)/b21-9-. The van der Waals surface area contributed by atoms with Crippen LogP contribution in [0.3, 0.4) is 0 Å². The first kappa shape index (κ1) is 20.8. The number of nitrogens with one attached hydrogen (secondary N) is 2. The third kappa shape index (κ3) is 5.72. The van der Waals surface area contributed by atoms with E-state index in [1.165, 1.54) is 0 Å². The first-order chi connectivity index (χ1) is 12.8. The zero-order valence-electron chi connectivity index (χ0n) is 16.2. The van der Waals surface area contributed by atoms with Crippen molar-refractivity contribution in [2.45, 2.75) is 34.6 Å². The van der Waals surface area contributed by atoms with Gasteiger partial charge in [0.2, 0.25) is 5.95 Å². The van der Waals surface area contributed by atoms with Gasteiger partial charge in [-0.3, -0.25) is 9.78 Å². The van der Waals surface area contributed by atoms with Crippen molar-refractivity contribution in [1.82, 2.24) is 9.97 Å². The van der Waals surface area contributed by atoms with Crippen LogP contribution >= 0.6 is 11.6 Å². The summed E-state index contributed by atoms with van der Waals surface area (Å²) in [6.07, 6.45) is 1.57. The van der Waals surface area contributed by atoms with Crippen LogP contribution < -0.4 is 20.5 Å². The molecule has 1 heterocycles. The molecular formula is C19H25ClN4O3. The first-order valence-corrected chi connectivity index (χ1v) is 9.15. The number of aromatic amines is 1. The molecule has 0 aliphatic carbocycles. The number of halogens is 1. The van der Waals surface area contributed by atoms with Crippen molar-refractivity contribution in [3.8, 4) is 11.5 Å². The maximum atomic E-state index is 11.8. The summed E-state index contributed by atoms with van der Waals surface area (Å²) >= 11 is 6.36. The number of aromatic nitrogens is 2. The molecule has 27 heavy (non-hydrogen) atoms. The predicted octanol–water partition coefficient (Wildman–Crippen LogP) is 3.92. The van der Waals surface area contributed by atoms with E-state index in [-0.39, 0.29) is 11.5 Å². The van der Waals surface area contributed by atoms with Crippen LogP contribution in [-0.4, -0.2) is 29.4 Å². The highest BCUT2D eigenvalue weighted by atomic mass is 35.5. The smallest absolute Gasteiger partial charge is 0.255 e. The highest BCUT2D eigenvalue weighted by molar-refractivity contribution is 6.32. The lowest BCUT2D eigenvalue weighted by Crippen LogP contribution is -2.15. The number of hydrogen-bond donors (Lipinski definition) is 2. The number of aryl methyl sites for hydroxylation is 1. The molecule has 2 N–H and O–H groups in total. The summed E-state index contributed by atoms with van der Waals surface area (Å²) in [6.45, 7) is 10.5. The van der Waals surface area contributed by atoms with Crippen molar-refractivity contribution >= 4 is 23.8 Å². The largest absolute Gasteiger partial charge is 0.490 e. The van der Waals surface area contributed by atoms with Crippen molar-refractivity contribution in [2.24, 2.45) is 11.0 Å². The Morgan fingerprint density at radius 2 is 2.07 bits per heavy atom. The van der Waals surface area contributed by atoms with E-state index < -0.39 is 0 Å². The quantitative estimate of drug-likeness (QED) is 0.525. The number of H-pyrrole nitrogens is 1. The van der Waals surface area contributed by atoms with Gasteiger partial charge in [-0.25, -0.2) is 10.4 Å². The minimum absolute atomic E-state index is 0.200. The van der Waals surface area contributed by atoms with Gasteiger partial charge in [-0.05, 0) is 44.4 Å². The number of anilines is 1. The molecule has 0 atom stereocenters. The molecule has 1 aromatic carbocycles. The van der Waals surface area contributed by atoms with Crippen molar-refractivity contribution in [3.05, 3.63) is 44.3 Å². The van der Waals surface area contributed by atoms with Crippen molar-refractivity contribution in [2.75, 3.05) is 18.6 Å². The Morgan fingerprint density at radius 3 is 2.70 bits per heavy atom. The molecule has 0 saturated carbocycles. The summed E-state index contributed by atoms with van der Waals surface area (Å²) in [5.41, 5.74) is 4.46. The molecule has 0 saturated heterocycles. The van der Waals surface area contributed by atoms with Crippen molar-refractivity contribution < 1.29 is 9.47 Å². The SMILES string of the molecule is CCOc1cc(/C=N\Nc2nc(C)c(C)c(=O)[nH]2)cc(Cl)c1OCC(C)C. The fourth-order valence-electron chi connectivity index (χ4n) is 2.18. The zero-order valence-corrected chi connectivity index (χ0v) is 17.0. The third-order valence-corrected chi connectivity index (χ3v) is 3.95. The molecule has 8 heteroatoms. The normalized spacial score (nSPS) is 11.2. The van der Waals surface area contributed by atoms with Gasteiger partial charge in [0, 0.05) is 11.3 Å². The molecule has 146 valence electrons. The van der Waals surface area contributed by atoms with Crippen LogP contribution in [0.5, 0.6) is 11.5 Å². The molecule has 0 fully saturated rings. The lowest BCUT2D eigenvalue weighted by Gasteiger charge is -2.15. The first-order valence-electron chi connectivity index (χ1n) is 8.77. The highest BCUT2D eigenvalue weighted by Crippen LogP contribution is 2.36. The molecule has 1 aromatic heterocycles. The molecular weight excluding hydrogens is 368 g/mol. The van der Waals surface area contributed by atoms with Crippen LogP contribution in [0.2, 0.25) is 5.02 Å². The van der Waals surface area contributed by atoms with E-state index >= 15 is 0 Å². The molecule has 0 aliphatic rings.